The first-order chi connectivity index (χ1) is 9.10. The van der Waals surface area contributed by atoms with Gasteiger partial charge in [-0.2, -0.15) is 0 Å². The van der Waals surface area contributed by atoms with Crippen LogP contribution in [-0.2, 0) is 0 Å². The van der Waals surface area contributed by atoms with Crippen molar-refractivity contribution in [2.45, 2.75) is 31.2 Å². The molecule has 0 heterocycles. The van der Waals surface area contributed by atoms with Crippen molar-refractivity contribution in [1.82, 2.24) is 5.32 Å². The maximum absolute atomic E-state index is 12.4. The number of ether oxygens (including phenoxy) is 1. The molecule has 0 bridgehead atoms. The first kappa shape index (κ1) is 14.7. The number of benzene rings is 1. The lowest BCUT2D eigenvalue weighted by Gasteiger charge is -2.28. The number of methoxy groups -OCH3 is 1. The molecule has 1 aliphatic carbocycles. The lowest BCUT2D eigenvalue weighted by Crippen LogP contribution is -2.47. The molecule has 0 atom stereocenters. The summed E-state index contributed by atoms with van der Waals surface area (Å²) in [5.41, 5.74) is 0.354. The number of hydrogen-bond acceptors (Lipinski definition) is 2. The Morgan fingerprint density at radius 3 is 2.74 bits per heavy atom. The standard InChI is InChI=1S/C14H17BrClNO2/c1-19-12-5-4-10(16)8-11(12)13(18)17-14(9-15)6-2-3-7-14/h4-5,8H,2-3,6-7,9H2,1H3,(H,17,18). The van der Waals surface area contributed by atoms with E-state index in [0.717, 1.165) is 31.0 Å². The molecule has 0 spiro atoms. The summed E-state index contributed by atoms with van der Waals surface area (Å²) in [4.78, 5) is 12.4. The third-order valence-corrected chi connectivity index (χ3v) is 4.91. The maximum Gasteiger partial charge on any atom is 0.255 e. The zero-order valence-corrected chi connectivity index (χ0v) is 13.2. The van der Waals surface area contributed by atoms with E-state index in [1.807, 2.05) is 0 Å². The highest BCUT2D eigenvalue weighted by molar-refractivity contribution is 9.09. The molecule has 0 unspecified atom stereocenters. The highest BCUT2D eigenvalue weighted by Crippen LogP contribution is 2.32. The first-order valence-electron chi connectivity index (χ1n) is 6.32. The molecule has 0 aliphatic heterocycles. The summed E-state index contributed by atoms with van der Waals surface area (Å²) < 4.78 is 5.22. The Labute approximate surface area is 126 Å². The van der Waals surface area contributed by atoms with Crippen molar-refractivity contribution >= 4 is 33.4 Å². The Balaban J connectivity index is 2.22. The van der Waals surface area contributed by atoms with Gasteiger partial charge in [0, 0.05) is 10.4 Å². The van der Waals surface area contributed by atoms with E-state index in [0.29, 0.717) is 16.3 Å². The second kappa shape index (κ2) is 6.14. The normalized spacial score (nSPS) is 17.2. The van der Waals surface area contributed by atoms with Crippen LogP contribution in [0, 0.1) is 0 Å². The van der Waals surface area contributed by atoms with E-state index in [2.05, 4.69) is 21.2 Å². The van der Waals surface area contributed by atoms with Crippen molar-refractivity contribution in [2.24, 2.45) is 0 Å². The van der Waals surface area contributed by atoms with Crippen LogP contribution in [-0.4, -0.2) is 23.9 Å². The molecule has 0 radical (unpaired) electrons. The van der Waals surface area contributed by atoms with Crippen molar-refractivity contribution in [3.8, 4) is 5.75 Å². The van der Waals surface area contributed by atoms with Crippen LogP contribution < -0.4 is 10.1 Å². The van der Waals surface area contributed by atoms with E-state index >= 15 is 0 Å². The zero-order chi connectivity index (χ0) is 13.9. The van der Waals surface area contributed by atoms with Gasteiger partial charge in [-0.3, -0.25) is 4.79 Å². The zero-order valence-electron chi connectivity index (χ0n) is 10.8. The SMILES string of the molecule is COc1ccc(Cl)cc1C(=O)NC1(CBr)CCCC1. The molecule has 5 heteroatoms. The molecule has 1 aromatic rings. The Hall–Kier alpha value is -0.740. The molecule has 1 saturated carbocycles. The highest BCUT2D eigenvalue weighted by Gasteiger charge is 2.34. The van der Waals surface area contributed by atoms with E-state index in [-0.39, 0.29) is 11.4 Å². The third kappa shape index (κ3) is 3.23. The van der Waals surface area contributed by atoms with Gasteiger partial charge in [0.1, 0.15) is 5.75 Å². The molecule has 0 aromatic heterocycles. The summed E-state index contributed by atoms with van der Waals surface area (Å²) >= 11 is 9.47. The summed E-state index contributed by atoms with van der Waals surface area (Å²) in [5.74, 6) is 0.422. The molecule has 1 amide bonds. The van der Waals surface area contributed by atoms with Crippen molar-refractivity contribution < 1.29 is 9.53 Å². The second-order valence-corrected chi connectivity index (χ2v) is 5.92. The number of halogens is 2. The minimum Gasteiger partial charge on any atom is -0.496 e. The molecule has 1 fully saturated rings. The van der Waals surface area contributed by atoms with E-state index in [9.17, 15) is 4.79 Å². The van der Waals surface area contributed by atoms with E-state index in [1.165, 1.54) is 0 Å². The number of hydrogen-bond donors (Lipinski definition) is 1. The molecule has 104 valence electrons. The van der Waals surface area contributed by atoms with Crippen LogP contribution in [0.25, 0.3) is 0 Å². The fraction of sp³-hybridized carbons (Fsp3) is 0.500. The number of rotatable bonds is 4. The first-order valence-corrected chi connectivity index (χ1v) is 7.82. The van der Waals surface area contributed by atoms with Gasteiger partial charge < -0.3 is 10.1 Å². The van der Waals surface area contributed by atoms with E-state index in [4.69, 9.17) is 16.3 Å². The average molecular weight is 347 g/mol. The van der Waals surface area contributed by atoms with E-state index in [1.54, 1.807) is 25.3 Å². The minimum absolute atomic E-state index is 0.124. The minimum atomic E-state index is -0.135. The third-order valence-electron chi connectivity index (χ3n) is 3.60. The Morgan fingerprint density at radius 1 is 1.47 bits per heavy atom. The number of carbonyl (C=O) groups excluding carboxylic acids is 1. The predicted octanol–water partition coefficient (Wildman–Crippen LogP) is 3.79. The summed E-state index contributed by atoms with van der Waals surface area (Å²) in [7, 11) is 1.55. The molecule has 1 N–H and O–H groups in total. The molecular formula is C14H17BrClNO2. The lowest BCUT2D eigenvalue weighted by molar-refractivity contribution is 0.0907. The van der Waals surface area contributed by atoms with E-state index < -0.39 is 0 Å². The quantitative estimate of drug-likeness (QED) is 0.843. The smallest absolute Gasteiger partial charge is 0.255 e. The molecule has 1 aliphatic rings. The Kier molecular flexibility index (Phi) is 4.74. The predicted molar refractivity (Wildman–Crippen MR) is 80.5 cm³/mol. The monoisotopic (exact) mass is 345 g/mol. The molecule has 3 nitrogen and oxygen atoms in total. The van der Waals surface area contributed by atoms with Crippen LogP contribution in [0.4, 0.5) is 0 Å². The van der Waals surface area contributed by atoms with Gasteiger partial charge in [0.25, 0.3) is 5.91 Å². The topological polar surface area (TPSA) is 38.3 Å². The number of carbonyl (C=O) groups is 1. The van der Waals surface area contributed by atoms with Crippen LogP contribution in [0.15, 0.2) is 18.2 Å². The van der Waals surface area contributed by atoms with Gasteiger partial charge in [0.15, 0.2) is 0 Å². The van der Waals surface area contributed by atoms with Gasteiger partial charge in [-0.25, -0.2) is 0 Å². The molecule has 1 aromatic carbocycles. The van der Waals surface area contributed by atoms with Crippen LogP contribution in [0.3, 0.4) is 0 Å². The Morgan fingerprint density at radius 2 is 2.16 bits per heavy atom. The molecule has 0 saturated heterocycles. The van der Waals surface area contributed by atoms with Crippen molar-refractivity contribution in [1.29, 1.82) is 0 Å². The summed E-state index contributed by atoms with van der Waals surface area (Å²) in [6, 6.07) is 5.08. The summed E-state index contributed by atoms with van der Waals surface area (Å²) in [5, 5.41) is 4.44. The van der Waals surface area contributed by atoms with Crippen LogP contribution >= 0.6 is 27.5 Å². The Bertz CT molecular complexity index is 473. The fourth-order valence-electron chi connectivity index (χ4n) is 2.51. The number of nitrogens with one attached hydrogen (secondary N) is 1. The van der Waals surface area contributed by atoms with Gasteiger partial charge in [0.2, 0.25) is 0 Å². The van der Waals surface area contributed by atoms with Gasteiger partial charge in [-0.1, -0.05) is 40.4 Å². The van der Waals surface area contributed by atoms with Crippen molar-refractivity contribution in [2.75, 3.05) is 12.4 Å². The van der Waals surface area contributed by atoms with Gasteiger partial charge in [-0.05, 0) is 31.0 Å². The second-order valence-electron chi connectivity index (χ2n) is 4.92. The van der Waals surface area contributed by atoms with Crippen molar-refractivity contribution in [3.05, 3.63) is 28.8 Å². The largest absolute Gasteiger partial charge is 0.496 e. The lowest BCUT2D eigenvalue weighted by atomic mass is 10.00. The van der Waals surface area contributed by atoms with Gasteiger partial charge >= 0.3 is 0 Å². The average Bonchev–Trinajstić information content (AvgIpc) is 2.87. The highest BCUT2D eigenvalue weighted by atomic mass is 79.9. The maximum atomic E-state index is 12.4. The summed E-state index contributed by atoms with van der Waals surface area (Å²) in [6.07, 6.45) is 4.32. The number of amides is 1. The van der Waals surface area contributed by atoms with Crippen molar-refractivity contribution in [3.63, 3.8) is 0 Å². The fourth-order valence-corrected chi connectivity index (χ4v) is 3.38. The van der Waals surface area contributed by atoms with Crippen LogP contribution in [0.5, 0.6) is 5.75 Å². The van der Waals surface area contributed by atoms with Crippen LogP contribution in [0.1, 0.15) is 36.0 Å². The molecular weight excluding hydrogens is 330 g/mol. The summed E-state index contributed by atoms with van der Waals surface area (Å²) in [6.45, 7) is 0. The van der Waals surface area contributed by atoms with Gasteiger partial charge in [0.05, 0.1) is 18.2 Å². The molecule has 2 rings (SSSR count). The molecule has 19 heavy (non-hydrogen) atoms. The van der Waals surface area contributed by atoms with Crippen LogP contribution in [0.2, 0.25) is 5.02 Å². The van der Waals surface area contributed by atoms with Gasteiger partial charge in [-0.15, -0.1) is 0 Å². The number of alkyl halides is 1.